The van der Waals surface area contributed by atoms with Gasteiger partial charge in [-0.25, -0.2) is 4.79 Å². The van der Waals surface area contributed by atoms with Gasteiger partial charge in [0.25, 0.3) is 5.91 Å². The van der Waals surface area contributed by atoms with Gasteiger partial charge >= 0.3 is 5.97 Å². The highest BCUT2D eigenvalue weighted by molar-refractivity contribution is 7.84. The molecule has 7 heteroatoms. The minimum atomic E-state index is -1.12. The zero-order valence-corrected chi connectivity index (χ0v) is 14.7. The van der Waals surface area contributed by atoms with Crippen LogP contribution in [0.1, 0.15) is 15.9 Å². The van der Waals surface area contributed by atoms with Crippen LogP contribution in [0.3, 0.4) is 0 Å². The first-order valence-corrected chi connectivity index (χ1v) is 8.97. The summed E-state index contributed by atoms with van der Waals surface area (Å²) in [5.41, 5.74) is 1.71. The van der Waals surface area contributed by atoms with Crippen molar-refractivity contribution < 1.29 is 18.5 Å². The van der Waals surface area contributed by atoms with Crippen LogP contribution in [-0.2, 0) is 20.3 Å². The van der Waals surface area contributed by atoms with E-state index >= 15 is 0 Å². The van der Waals surface area contributed by atoms with E-state index in [-0.39, 0.29) is 5.56 Å². The molecule has 0 heterocycles. The fourth-order valence-electron chi connectivity index (χ4n) is 1.90. The van der Waals surface area contributed by atoms with Gasteiger partial charge in [-0.3, -0.25) is 9.00 Å². The van der Waals surface area contributed by atoms with Gasteiger partial charge in [0, 0.05) is 22.0 Å². The molecule has 1 amide bonds. The van der Waals surface area contributed by atoms with Crippen LogP contribution in [0.25, 0.3) is 0 Å². The van der Waals surface area contributed by atoms with Crippen LogP contribution in [0.2, 0.25) is 5.02 Å². The molecule has 0 aromatic heterocycles. The number of hydrogen-bond donors (Lipinski definition) is 1. The lowest BCUT2D eigenvalue weighted by atomic mass is 10.2. The summed E-state index contributed by atoms with van der Waals surface area (Å²) >= 11 is 6.03. The number of halogens is 1. The Hall–Kier alpha value is -2.18. The summed E-state index contributed by atoms with van der Waals surface area (Å²) in [4.78, 5) is 24.3. The molecule has 0 radical (unpaired) electrons. The topological polar surface area (TPSA) is 72.5 Å². The lowest BCUT2D eigenvalue weighted by molar-refractivity contribution is -0.119. The number of rotatable bonds is 5. The first-order valence-electron chi connectivity index (χ1n) is 7.03. The van der Waals surface area contributed by atoms with Crippen molar-refractivity contribution in [3.8, 4) is 0 Å². The fraction of sp³-hybridized carbons (Fsp3) is 0.176. The van der Waals surface area contributed by atoms with E-state index in [4.69, 9.17) is 16.3 Å². The first kappa shape index (κ1) is 18.2. The predicted molar refractivity (Wildman–Crippen MR) is 93.9 cm³/mol. The maximum atomic E-state index is 11.9. The van der Waals surface area contributed by atoms with Crippen molar-refractivity contribution in [3.05, 3.63) is 58.6 Å². The van der Waals surface area contributed by atoms with Crippen molar-refractivity contribution >= 4 is 40.0 Å². The molecule has 24 heavy (non-hydrogen) atoms. The lowest BCUT2D eigenvalue weighted by Gasteiger charge is -2.09. The summed E-state index contributed by atoms with van der Waals surface area (Å²) in [6, 6.07) is 11.4. The maximum absolute atomic E-state index is 11.9. The lowest BCUT2D eigenvalue weighted by Crippen LogP contribution is -2.21. The second-order valence-electron chi connectivity index (χ2n) is 5.09. The molecule has 0 saturated carbocycles. The molecule has 2 aromatic rings. The van der Waals surface area contributed by atoms with Crippen LogP contribution < -0.4 is 5.32 Å². The third-order valence-corrected chi connectivity index (χ3v) is 4.40. The van der Waals surface area contributed by atoms with Gasteiger partial charge < -0.3 is 10.1 Å². The van der Waals surface area contributed by atoms with E-state index in [1.165, 1.54) is 12.1 Å². The normalized spacial score (nSPS) is 11.6. The van der Waals surface area contributed by atoms with E-state index in [1.807, 2.05) is 13.0 Å². The molecule has 0 bridgehead atoms. The molecule has 0 aliphatic carbocycles. The zero-order chi connectivity index (χ0) is 17.7. The number of carbonyl (C=O) groups excluding carboxylic acids is 2. The van der Waals surface area contributed by atoms with Gasteiger partial charge in [-0.1, -0.05) is 17.7 Å². The van der Waals surface area contributed by atoms with Gasteiger partial charge in [0.05, 0.1) is 16.3 Å². The smallest absolute Gasteiger partial charge is 0.338 e. The minimum Gasteiger partial charge on any atom is -0.452 e. The third kappa shape index (κ3) is 4.91. The number of hydrogen-bond acceptors (Lipinski definition) is 4. The van der Waals surface area contributed by atoms with Gasteiger partial charge in [-0.05, 0) is 48.9 Å². The van der Waals surface area contributed by atoms with E-state index in [1.54, 1.807) is 30.5 Å². The molecule has 126 valence electrons. The number of benzene rings is 2. The Bertz CT molecular complexity index is 790. The molecular weight excluding hydrogens is 350 g/mol. The van der Waals surface area contributed by atoms with Crippen LogP contribution in [0, 0.1) is 6.92 Å². The summed E-state index contributed by atoms with van der Waals surface area (Å²) in [7, 11) is -1.12. The second-order valence-corrected chi connectivity index (χ2v) is 6.87. The van der Waals surface area contributed by atoms with E-state index in [2.05, 4.69) is 5.32 Å². The fourth-order valence-corrected chi connectivity index (χ4v) is 2.71. The number of ether oxygens (including phenoxy) is 1. The molecule has 0 fully saturated rings. The number of esters is 1. The van der Waals surface area contributed by atoms with Crippen LogP contribution in [-0.4, -0.2) is 28.9 Å². The Kier molecular flexibility index (Phi) is 6.11. The molecule has 5 nitrogen and oxygen atoms in total. The van der Waals surface area contributed by atoms with Crippen molar-refractivity contribution in [1.82, 2.24) is 0 Å². The molecule has 0 aliphatic heterocycles. The summed E-state index contributed by atoms with van der Waals surface area (Å²) < 4.78 is 16.3. The average molecular weight is 366 g/mol. The Morgan fingerprint density at radius 3 is 2.42 bits per heavy atom. The van der Waals surface area contributed by atoms with E-state index in [9.17, 15) is 13.8 Å². The van der Waals surface area contributed by atoms with Crippen LogP contribution in [0.15, 0.2) is 47.4 Å². The summed E-state index contributed by atoms with van der Waals surface area (Å²) in [5.74, 6) is -1.12. The van der Waals surface area contributed by atoms with Gasteiger partial charge in [-0.15, -0.1) is 0 Å². The largest absolute Gasteiger partial charge is 0.452 e. The number of anilines is 1. The molecule has 1 N–H and O–H groups in total. The van der Waals surface area contributed by atoms with Gasteiger partial charge in [-0.2, -0.15) is 0 Å². The highest BCUT2D eigenvalue weighted by Crippen LogP contribution is 2.22. The van der Waals surface area contributed by atoms with Crippen molar-refractivity contribution in [3.63, 3.8) is 0 Å². The zero-order valence-electron chi connectivity index (χ0n) is 13.2. The SMILES string of the molecule is Cc1ccc(NC(=O)COC(=O)c2ccc(S(C)=O)cc2)c(Cl)c1. The number of carbonyl (C=O) groups is 2. The molecule has 0 aliphatic rings. The van der Waals surface area contributed by atoms with Crippen molar-refractivity contribution in [1.29, 1.82) is 0 Å². The number of aryl methyl sites for hydroxylation is 1. The maximum Gasteiger partial charge on any atom is 0.338 e. The second kappa shape index (κ2) is 8.08. The van der Waals surface area contributed by atoms with Crippen molar-refractivity contribution in [2.45, 2.75) is 11.8 Å². The standard InChI is InChI=1S/C17H16ClNO4S/c1-11-3-8-15(14(18)9-11)19-16(20)10-23-17(21)12-4-6-13(7-5-12)24(2)22/h3-9H,10H2,1-2H3,(H,19,20). The monoisotopic (exact) mass is 365 g/mol. The van der Waals surface area contributed by atoms with E-state index in [0.717, 1.165) is 5.56 Å². The summed E-state index contributed by atoms with van der Waals surface area (Å²) in [6.45, 7) is 1.46. The number of amides is 1. The van der Waals surface area contributed by atoms with Crippen LogP contribution in [0.5, 0.6) is 0 Å². The Morgan fingerprint density at radius 1 is 1.17 bits per heavy atom. The third-order valence-electron chi connectivity index (χ3n) is 3.15. The Morgan fingerprint density at radius 2 is 1.83 bits per heavy atom. The average Bonchev–Trinajstić information content (AvgIpc) is 2.55. The van der Waals surface area contributed by atoms with Gasteiger partial charge in [0.1, 0.15) is 0 Å². The molecular formula is C17H16ClNO4S. The Balaban J connectivity index is 1.91. The van der Waals surface area contributed by atoms with E-state index < -0.39 is 29.3 Å². The quantitative estimate of drug-likeness (QED) is 0.826. The number of nitrogens with one attached hydrogen (secondary N) is 1. The van der Waals surface area contributed by atoms with Gasteiger partial charge in [0.15, 0.2) is 6.61 Å². The van der Waals surface area contributed by atoms with Gasteiger partial charge in [0.2, 0.25) is 0 Å². The van der Waals surface area contributed by atoms with Crippen LogP contribution in [0.4, 0.5) is 5.69 Å². The van der Waals surface area contributed by atoms with Crippen molar-refractivity contribution in [2.75, 3.05) is 18.2 Å². The molecule has 1 unspecified atom stereocenters. The molecule has 0 spiro atoms. The Labute approximate surface area is 147 Å². The molecule has 2 aromatic carbocycles. The highest BCUT2D eigenvalue weighted by atomic mass is 35.5. The van der Waals surface area contributed by atoms with Crippen LogP contribution >= 0.6 is 11.6 Å². The molecule has 1 atom stereocenters. The summed E-state index contributed by atoms with van der Waals surface area (Å²) in [6.07, 6.45) is 1.55. The molecule has 0 saturated heterocycles. The molecule has 2 rings (SSSR count). The summed E-state index contributed by atoms with van der Waals surface area (Å²) in [5, 5.41) is 2.99. The predicted octanol–water partition coefficient (Wildman–Crippen LogP) is 3.18. The highest BCUT2D eigenvalue weighted by Gasteiger charge is 2.12. The minimum absolute atomic E-state index is 0.283. The first-order chi connectivity index (χ1) is 11.4. The van der Waals surface area contributed by atoms with Crippen molar-refractivity contribution in [2.24, 2.45) is 0 Å². The van der Waals surface area contributed by atoms with E-state index in [0.29, 0.717) is 15.6 Å².